The van der Waals surface area contributed by atoms with E-state index in [-0.39, 0.29) is 12.5 Å². The summed E-state index contributed by atoms with van der Waals surface area (Å²) in [5.41, 5.74) is 5.37. The number of amides is 1. The monoisotopic (exact) mass is 316 g/mol. The van der Waals surface area contributed by atoms with Crippen molar-refractivity contribution in [2.75, 3.05) is 31.2 Å². The van der Waals surface area contributed by atoms with Crippen molar-refractivity contribution >= 4 is 27.5 Å². The number of nitrogens with two attached hydrogens (primary N) is 1. The summed E-state index contributed by atoms with van der Waals surface area (Å²) >= 11 is 0. The second-order valence-corrected chi connectivity index (χ2v) is 6.09. The predicted octanol–water partition coefficient (Wildman–Crippen LogP) is 2.55. The number of carbonyl (C=O) groups excluding carboxylic acids is 1. The molecule has 0 atom stereocenters. The zero-order valence-corrected chi connectivity index (χ0v) is 13.8. The fourth-order valence-corrected chi connectivity index (χ4v) is 2.88. The predicted molar refractivity (Wildman–Crippen MR) is 90.3 cm³/mol. The summed E-state index contributed by atoms with van der Waals surface area (Å²) in [6, 6.07) is 9.30. The lowest BCUT2D eigenvalue weighted by Gasteiger charge is -2.06. The third kappa shape index (κ3) is 11.0. The number of benzene rings is 1. The minimum atomic E-state index is -0.0942. The highest BCUT2D eigenvalue weighted by atomic mass is 33.1. The van der Waals surface area contributed by atoms with Crippen LogP contribution in [-0.2, 0) is 4.79 Å². The van der Waals surface area contributed by atoms with Gasteiger partial charge in [0.1, 0.15) is 5.75 Å². The van der Waals surface area contributed by atoms with Crippen molar-refractivity contribution in [1.29, 1.82) is 0 Å². The fourth-order valence-electron chi connectivity index (χ4n) is 1.11. The molecule has 0 aromatic heterocycles. The molecule has 3 N–H and O–H groups in total. The molecule has 0 unspecified atom stereocenters. The van der Waals surface area contributed by atoms with Gasteiger partial charge in [-0.05, 0) is 12.1 Å². The largest absolute Gasteiger partial charge is 0.484 e. The Morgan fingerprint density at radius 1 is 1.20 bits per heavy atom. The molecule has 0 radical (unpaired) electrons. The van der Waals surface area contributed by atoms with Crippen LogP contribution < -0.4 is 15.8 Å². The molecule has 1 aromatic rings. The molecule has 1 aromatic carbocycles. The Kier molecular flexibility index (Phi) is 13.9. The molecule has 0 saturated carbocycles. The number of carbonyl (C=O) groups is 1. The number of hydrogen-bond acceptors (Lipinski definition) is 5. The van der Waals surface area contributed by atoms with Crippen LogP contribution in [-0.4, -0.2) is 37.1 Å². The second kappa shape index (κ2) is 14.6. The average molecular weight is 316 g/mol. The Labute approximate surface area is 129 Å². The van der Waals surface area contributed by atoms with Crippen LogP contribution in [0.3, 0.4) is 0 Å². The van der Waals surface area contributed by atoms with E-state index in [1.165, 1.54) is 0 Å². The van der Waals surface area contributed by atoms with Gasteiger partial charge in [0, 0.05) is 24.6 Å². The summed E-state index contributed by atoms with van der Waals surface area (Å²) in [4.78, 5) is 11.4. The Hall–Kier alpha value is -0.850. The first-order chi connectivity index (χ1) is 9.83. The Morgan fingerprint density at radius 3 is 2.50 bits per heavy atom. The van der Waals surface area contributed by atoms with Crippen molar-refractivity contribution in [2.24, 2.45) is 5.73 Å². The van der Waals surface area contributed by atoms with Gasteiger partial charge in [0.15, 0.2) is 6.61 Å². The molecule has 4 nitrogen and oxygen atoms in total. The van der Waals surface area contributed by atoms with Gasteiger partial charge in [-0.3, -0.25) is 4.79 Å². The number of ether oxygens (including phenoxy) is 1. The van der Waals surface area contributed by atoms with E-state index < -0.39 is 0 Å². The van der Waals surface area contributed by atoms with E-state index in [1.54, 1.807) is 21.6 Å². The van der Waals surface area contributed by atoms with Crippen molar-refractivity contribution < 1.29 is 9.53 Å². The molecule has 0 heterocycles. The quantitative estimate of drug-likeness (QED) is 0.541. The maximum absolute atomic E-state index is 11.4. The highest BCUT2D eigenvalue weighted by molar-refractivity contribution is 8.76. The standard InChI is InChI=1S/C12H18N2O2S2.C2H6/c13-6-8-17-18-9-7-14-12(15)10-16-11-4-2-1-3-5-11;1-2/h1-5H,6-10,13H2,(H,14,15);1-2H3. The van der Waals surface area contributed by atoms with Crippen LogP contribution in [0.1, 0.15) is 13.8 Å². The molecule has 1 amide bonds. The maximum Gasteiger partial charge on any atom is 0.257 e. The second-order valence-electron chi connectivity index (χ2n) is 3.38. The lowest BCUT2D eigenvalue weighted by atomic mass is 10.3. The number of para-hydroxylation sites is 1. The maximum atomic E-state index is 11.4. The lowest BCUT2D eigenvalue weighted by Crippen LogP contribution is -2.30. The van der Waals surface area contributed by atoms with E-state index in [2.05, 4.69) is 5.32 Å². The van der Waals surface area contributed by atoms with Crippen LogP contribution in [0.4, 0.5) is 0 Å². The van der Waals surface area contributed by atoms with Crippen molar-refractivity contribution in [3.05, 3.63) is 30.3 Å². The summed E-state index contributed by atoms with van der Waals surface area (Å²) in [5, 5.41) is 2.80. The average Bonchev–Trinajstić information content (AvgIpc) is 2.52. The molecule has 0 aliphatic rings. The van der Waals surface area contributed by atoms with E-state index >= 15 is 0 Å². The molecular formula is C14H24N2O2S2. The third-order valence-electron chi connectivity index (χ3n) is 1.91. The molecule has 0 bridgehead atoms. The molecule has 0 spiro atoms. The highest BCUT2D eigenvalue weighted by Crippen LogP contribution is 2.18. The van der Waals surface area contributed by atoms with Crippen LogP contribution in [0.15, 0.2) is 30.3 Å². The molecule has 20 heavy (non-hydrogen) atoms. The van der Waals surface area contributed by atoms with Gasteiger partial charge in [-0.25, -0.2) is 0 Å². The molecule has 0 aliphatic heterocycles. The van der Waals surface area contributed by atoms with E-state index in [0.717, 1.165) is 11.5 Å². The first-order valence-electron chi connectivity index (χ1n) is 6.72. The first kappa shape index (κ1) is 19.1. The van der Waals surface area contributed by atoms with E-state index in [1.807, 2.05) is 44.2 Å². The Balaban J connectivity index is 0.00000172. The molecule has 6 heteroatoms. The Bertz CT molecular complexity index is 337. The van der Waals surface area contributed by atoms with Crippen molar-refractivity contribution in [2.45, 2.75) is 13.8 Å². The normalized spacial score (nSPS) is 9.35. The molecular weight excluding hydrogens is 292 g/mol. The van der Waals surface area contributed by atoms with Crippen molar-refractivity contribution in [3.63, 3.8) is 0 Å². The SMILES string of the molecule is CC.NCCSSCCNC(=O)COc1ccccc1. The Morgan fingerprint density at radius 2 is 1.85 bits per heavy atom. The summed E-state index contributed by atoms with van der Waals surface area (Å²) in [6.45, 7) is 5.40. The van der Waals surface area contributed by atoms with E-state index in [4.69, 9.17) is 10.5 Å². The third-order valence-corrected chi connectivity index (χ3v) is 4.35. The fraction of sp³-hybridized carbons (Fsp3) is 0.500. The van der Waals surface area contributed by atoms with Crippen molar-refractivity contribution in [3.8, 4) is 5.75 Å². The highest BCUT2D eigenvalue weighted by Gasteiger charge is 2.01. The first-order valence-corrected chi connectivity index (χ1v) is 9.21. The molecule has 0 aliphatic carbocycles. The van der Waals surface area contributed by atoms with Gasteiger partial charge < -0.3 is 15.8 Å². The van der Waals surface area contributed by atoms with Crippen LogP contribution in [0.25, 0.3) is 0 Å². The zero-order valence-electron chi connectivity index (χ0n) is 12.1. The topological polar surface area (TPSA) is 64.3 Å². The molecule has 114 valence electrons. The number of rotatable bonds is 9. The molecule has 0 saturated heterocycles. The number of nitrogens with one attached hydrogen (secondary N) is 1. The van der Waals surface area contributed by atoms with Gasteiger partial charge >= 0.3 is 0 Å². The summed E-state index contributed by atoms with van der Waals surface area (Å²) < 4.78 is 5.32. The minimum Gasteiger partial charge on any atom is -0.484 e. The van der Waals surface area contributed by atoms with E-state index in [9.17, 15) is 4.79 Å². The lowest BCUT2D eigenvalue weighted by molar-refractivity contribution is -0.122. The van der Waals surface area contributed by atoms with Crippen LogP contribution in [0.5, 0.6) is 5.75 Å². The van der Waals surface area contributed by atoms with Crippen LogP contribution >= 0.6 is 21.6 Å². The van der Waals surface area contributed by atoms with Crippen LogP contribution in [0, 0.1) is 0 Å². The smallest absolute Gasteiger partial charge is 0.257 e. The van der Waals surface area contributed by atoms with Gasteiger partial charge in [0.2, 0.25) is 0 Å². The van der Waals surface area contributed by atoms with Gasteiger partial charge in [-0.15, -0.1) is 0 Å². The number of hydrogen-bond donors (Lipinski definition) is 2. The van der Waals surface area contributed by atoms with Gasteiger partial charge in [0.05, 0.1) is 0 Å². The van der Waals surface area contributed by atoms with E-state index in [0.29, 0.717) is 18.8 Å². The summed E-state index contributed by atoms with van der Waals surface area (Å²) in [6.07, 6.45) is 0. The molecule has 0 fully saturated rings. The summed E-state index contributed by atoms with van der Waals surface area (Å²) in [7, 11) is 3.44. The minimum absolute atomic E-state index is 0.0601. The van der Waals surface area contributed by atoms with Gasteiger partial charge in [-0.2, -0.15) is 0 Å². The van der Waals surface area contributed by atoms with Crippen molar-refractivity contribution in [1.82, 2.24) is 5.32 Å². The summed E-state index contributed by atoms with van der Waals surface area (Å²) in [5.74, 6) is 2.43. The van der Waals surface area contributed by atoms with Gasteiger partial charge in [-0.1, -0.05) is 53.6 Å². The van der Waals surface area contributed by atoms with Gasteiger partial charge in [0.25, 0.3) is 5.91 Å². The molecule has 1 rings (SSSR count). The zero-order chi connectivity index (χ0) is 15.1. The van der Waals surface area contributed by atoms with Crippen LogP contribution in [0.2, 0.25) is 0 Å².